The van der Waals surface area contributed by atoms with Crippen molar-refractivity contribution < 1.29 is 9.47 Å². The predicted octanol–water partition coefficient (Wildman–Crippen LogP) is 3.51. The minimum Gasteiger partial charge on any atom is -0.462 e. The van der Waals surface area contributed by atoms with Crippen LogP contribution in [0.4, 0.5) is 0 Å². The number of ether oxygens (including phenoxy) is 2. The molecule has 84 valence electrons. The molecule has 1 spiro atoms. The summed E-state index contributed by atoms with van der Waals surface area (Å²) in [5.74, 6) is 0.668. The van der Waals surface area contributed by atoms with E-state index < -0.39 is 0 Å². The third-order valence-corrected chi connectivity index (χ3v) is 3.47. The third-order valence-electron chi connectivity index (χ3n) is 3.47. The molecule has 0 unspecified atom stereocenters. The Morgan fingerprint density at radius 1 is 1.25 bits per heavy atom. The molecule has 1 aliphatic carbocycles. The van der Waals surface area contributed by atoms with Crippen molar-refractivity contribution in [2.24, 2.45) is 0 Å². The molecule has 0 radical (unpaired) electrons. The number of rotatable bonds is 1. The zero-order valence-electron chi connectivity index (χ0n) is 9.37. The van der Waals surface area contributed by atoms with Crippen LogP contribution in [-0.2, 0) is 11.3 Å². The van der Waals surface area contributed by atoms with Gasteiger partial charge in [0.15, 0.2) is 0 Å². The quantitative estimate of drug-likeness (QED) is 0.715. The van der Waals surface area contributed by atoms with Crippen LogP contribution in [0.15, 0.2) is 24.8 Å². The number of hydrogen-bond donors (Lipinski definition) is 0. The summed E-state index contributed by atoms with van der Waals surface area (Å²) < 4.78 is 11.9. The molecule has 1 aromatic carbocycles. The van der Waals surface area contributed by atoms with Crippen molar-refractivity contribution in [1.29, 1.82) is 0 Å². The SMILES string of the molecule is C=Cc1ccc2c(c1)COC1(CCCC1)O2. The third kappa shape index (κ3) is 1.54. The number of benzene rings is 1. The minimum absolute atomic E-state index is 0.317. The van der Waals surface area contributed by atoms with Crippen LogP contribution in [-0.4, -0.2) is 5.79 Å². The first-order valence-corrected chi connectivity index (χ1v) is 5.90. The van der Waals surface area contributed by atoms with Gasteiger partial charge in [-0.25, -0.2) is 0 Å². The molecule has 0 aromatic heterocycles. The Hall–Kier alpha value is -1.28. The van der Waals surface area contributed by atoms with E-state index in [4.69, 9.17) is 9.47 Å². The zero-order chi connectivity index (χ0) is 11.0. The maximum Gasteiger partial charge on any atom is 0.210 e. The van der Waals surface area contributed by atoms with Crippen molar-refractivity contribution in [2.75, 3.05) is 0 Å². The molecule has 1 heterocycles. The molecule has 2 aliphatic rings. The second kappa shape index (κ2) is 3.63. The van der Waals surface area contributed by atoms with E-state index >= 15 is 0 Å². The first-order chi connectivity index (χ1) is 7.81. The van der Waals surface area contributed by atoms with Crippen molar-refractivity contribution >= 4 is 6.08 Å². The highest BCUT2D eigenvalue weighted by molar-refractivity contribution is 5.52. The molecule has 0 N–H and O–H groups in total. The van der Waals surface area contributed by atoms with Crippen molar-refractivity contribution in [3.63, 3.8) is 0 Å². The lowest BCUT2D eigenvalue weighted by molar-refractivity contribution is -0.200. The van der Waals surface area contributed by atoms with E-state index in [1.165, 1.54) is 12.8 Å². The van der Waals surface area contributed by atoms with Crippen molar-refractivity contribution in [2.45, 2.75) is 38.1 Å². The van der Waals surface area contributed by atoms with Gasteiger partial charge >= 0.3 is 0 Å². The maximum absolute atomic E-state index is 6.02. The van der Waals surface area contributed by atoms with Crippen LogP contribution < -0.4 is 4.74 Å². The molecule has 2 heteroatoms. The van der Waals surface area contributed by atoms with Gasteiger partial charge in [-0.1, -0.05) is 18.7 Å². The van der Waals surface area contributed by atoms with Gasteiger partial charge in [0.2, 0.25) is 5.79 Å². The lowest BCUT2D eigenvalue weighted by Crippen LogP contribution is -2.39. The van der Waals surface area contributed by atoms with E-state index in [0.29, 0.717) is 6.61 Å². The predicted molar refractivity (Wildman–Crippen MR) is 63.1 cm³/mol. The molecule has 0 atom stereocenters. The van der Waals surface area contributed by atoms with Gasteiger partial charge < -0.3 is 9.47 Å². The van der Waals surface area contributed by atoms with Gasteiger partial charge in [-0.15, -0.1) is 0 Å². The molecule has 0 amide bonds. The van der Waals surface area contributed by atoms with Crippen LogP contribution in [0.25, 0.3) is 6.08 Å². The van der Waals surface area contributed by atoms with E-state index in [2.05, 4.69) is 12.6 Å². The van der Waals surface area contributed by atoms with Crippen molar-refractivity contribution in [3.8, 4) is 5.75 Å². The van der Waals surface area contributed by atoms with E-state index in [1.807, 2.05) is 18.2 Å². The average molecular weight is 216 g/mol. The summed E-state index contributed by atoms with van der Waals surface area (Å²) in [4.78, 5) is 0. The molecule has 0 bridgehead atoms. The lowest BCUT2D eigenvalue weighted by atomic mass is 10.1. The molecular formula is C14H16O2. The zero-order valence-corrected chi connectivity index (χ0v) is 9.37. The summed E-state index contributed by atoms with van der Waals surface area (Å²) in [5, 5.41) is 0. The summed E-state index contributed by atoms with van der Waals surface area (Å²) >= 11 is 0. The van der Waals surface area contributed by atoms with Gasteiger partial charge in [0.05, 0.1) is 6.61 Å². The summed E-state index contributed by atoms with van der Waals surface area (Å²) in [6.45, 7) is 4.43. The van der Waals surface area contributed by atoms with E-state index in [1.54, 1.807) is 0 Å². The van der Waals surface area contributed by atoms with Crippen molar-refractivity contribution in [1.82, 2.24) is 0 Å². The molecule has 1 aliphatic heterocycles. The Morgan fingerprint density at radius 2 is 2.06 bits per heavy atom. The van der Waals surface area contributed by atoms with Crippen LogP contribution in [0.5, 0.6) is 5.75 Å². The highest BCUT2D eigenvalue weighted by atomic mass is 16.7. The Bertz CT molecular complexity index is 417. The fourth-order valence-electron chi connectivity index (χ4n) is 2.54. The normalized spacial score (nSPS) is 21.5. The molecule has 16 heavy (non-hydrogen) atoms. The molecule has 1 aromatic rings. The summed E-state index contributed by atoms with van der Waals surface area (Å²) in [6.07, 6.45) is 6.31. The maximum atomic E-state index is 6.02. The van der Waals surface area contributed by atoms with E-state index in [9.17, 15) is 0 Å². The van der Waals surface area contributed by atoms with Gasteiger partial charge in [-0.05, 0) is 30.5 Å². The Labute approximate surface area is 95.9 Å². The van der Waals surface area contributed by atoms with Crippen LogP contribution in [0.3, 0.4) is 0 Å². The van der Waals surface area contributed by atoms with Gasteiger partial charge in [0.25, 0.3) is 0 Å². The standard InChI is InChI=1S/C14H16O2/c1-2-11-5-6-13-12(9-11)10-15-14(16-13)7-3-4-8-14/h2,5-6,9H,1,3-4,7-8,10H2. The van der Waals surface area contributed by atoms with Gasteiger partial charge in [-0.2, -0.15) is 0 Å². The number of hydrogen-bond acceptors (Lipinski definition) is 2. The fourth-order valence-corrected chi connectivity index (χ4v) is 2.54. The van der Waals surface area contributed by atoms with Crippen LogP contribution in [0.1, 0.15) is 36.8 Å². The molecule has 1 saturated carbocycles. The van der Waals surface area contributed by atoms with E-state index in [0.717, 1.165) is 29.7 Å². The molecular weight excluding hydrogens is 200 g/mol. The molecule has 1 fully saturated rings. The first kappa shape index (κ1) is 9.91. The monoisotopic (exact) mass is 216 g/mol. The van der Waals surface area contributed by atoms with Crippen LogP contribution in [0.2, 0.25) is 0 Å². The smallest absolute Gasteiger partial charge is 0.210 e. The second-order valence-corrected chi connectivity index (χ2v) is 4.58. The largest absolute Gasteiger partial charge is 0.462 e. The molecule has 3 rings (SSSR count). The summed E-state index contributed by atoms with van der Waals surface area (Å²) in [5.41, 5.74) is 2.25. The Balaban J connectivity index is 1.92. The fraction of sp³-hybridized carbons (Fsp3) is 0.429. The average Bonchev–Trinajstić information content (AvgIpc) is 2.77. The Kier molecular flexibility index (Phi) is 2.25. The van der Waals surface area contributed by atoms with Gasteiger partial charge in [-0.3, -0.25) is 0 Å². The molecule has 2 nitrogen and oxygen atoms in total. The van der Waals surface area contributed by atoms with Gasteiger partial charge in [0, 0.05) is 18.4 Å². The highest BCUT2D eigenvalue weighted by Crippen LogP contribution is 2.41. The summed E-state index contributed by atoms with van der Waals surface area (Å²) in [6, 6.07) is 6.17. The highest BCUT2D eigenvalue weighted by Gasteiger charge is 2.40. The van der Waals surface area contributed by atoms with Crippen LogP contribution in [0, 0.1) is 0 Å². The molecule has 0 saturated heterocycles. The Morgan fingerprint density at radius 3 is 2.81 bits per heavy atom. The van der Waals surface area contributed by atoms with Gasteiger partial charge in [0.1, 0.15) is 5.75 Å². The number of fused-ring (bicyclic) bond motifs is 1. The van der Waals surface area contributed by atoms with E-state index in [-0.39, 0.29) is 5.79 Å². The van der Waals surface area contributed by atoms with Crippen LogP contribution >= 0.6 is 0 Å². The first-order valence-electron chi connectivity index (χ1n) is 5.90. The lowest BCUT2D eigenvalue weighted by Gasteiger charge is -2.35. The second-order valence-electron chi connectivity index (χ2n) is 4.58. The summed E-state index contributed by atoms with van der Waals surface area (Å²) in [7, 11) is 0. The minimum atomic E-state index is -0.317. The van der Waals surface area contributed by atoms with Crippen molar-refractivity contribution in [3.05, 3.63) is 35.9 Å². The topological polar surface area (TPSA) is 18.5 Å².